The maximum absolute atomic E-state index is 14.1. The largest absolute Gasteiger partial charge is 0.336 e. The normalized spacial score (nSPS) is 19.7. The standard InChI is InChI=1S/C22H26FN3O2S/c1-14-7-8-16-18(13-14)29-21(24-20(27)15-5-3-4-6-17(15)23)19(16)22(28)26-11-9-25(2)10-12-26/h3-6,14H,7-13H2,1-2H3,(H,24,27). The van der Waals surface area contributed by atoms with E-state index in [0.717, 1.165) is 37.9 Å². The molecular weight excluding hydrogens is 389 g/mol. The van der Waals surface area contributed by atoms with Crippen LogP contribution in [-0.2, 0) is 12.8 Å². The quantitative estimate of drug-likeness (QED) is 0.833. The van der Waals surface area contributed by atoms with E-state index in [-0.39, 0.29) is 11.5 Å². The van der Waals surface area contributed by atoms with Crippen LogP contribution >= 0.6 is 11.3 Å². The third kappa shape index (κ3) is 4.07. The van der Waals surface area contributed by atoms with Gasteiger partial charge in [-0.2, -0.15) is 0 Å². The number of thiophene rings is 1. The molecule has 29 heavy (non-hydrogen) atoms. The number of hydrogen-bond acceptors (Lipinski definition) is 4. The molecule has 2 aromatic rings. The first-order valence-electron chi connectivity index (χ1n) is 10.1. The number of halogens is 1. The molecule has 2 heterocycles. The summed E-state index contributed by atoms with van der Waals surface area (Å²) >= 11 is 1.48. The summed E-state index contributed by atoms with van der Waals surface area (Å²) in [6.07, 6.45) is 2.80. The van der Waals surface area contributed by atoms with E-state index < -0.39 is 11.7 Å². The van der Waals surface area contributed by atoms with Crippen LogP contribution < -0.4 is 5.32 Å². The van der Waals surface area contributed by atoms with E-state index in [0.29, 0.717) is 29.6 Å². The highest BCUT2D eigenvalue weighted by Gasteiger charge is 2.32. The van der Waals surface area contributed by atoms with Gasteiger partial charge >= 0.3 is 0 Å². The van der Waals surface area contributed by atoms with Gasteiger partial charge in [0.2, 0.25) is 0 Å². The number of amides is 2. The van der Waals surface area contributed by atoms with Crippen molar-refractivity contribution in [2.75, 3.05) is 38.5 Å². The van der Waals surface area contributed by atoms with Gasteiger partial charge in [0, 0.05) is 31.1 Å². The van der Waals surface area contributed by atoms with Crippen molar-refractivity contribution in [3.05, 3.63) is 51.7 Å². The Morgan fingerprint density at radius 3 is 2.62 bits per heavy atom. The molecule has 2 amide bonds. The molecule has 1 unspecified atom stereocenters. The van der Waals surface area contributed by atoms with E-state index in [1.165, 1.54) is 28.3 Å². The van der Waals surface area contributed by atoms with Crippen molar-refractivity contribution in [1.82, 2.24) is 9.80 Å². The number of anilines is 1. The van der Waals surface area contributed by atoms with Crippen LogP contribution in [0.4, 0.5) is 9.39 Å². The average Bonchev–Trinajstić information content (AvgIpc) is 3.05. The fraction of sp³-hybridized carbons (Fsp3) is 0.455. The Labute approximate surface area is 174 Å². The number of carbonyl (C=O) groups is 2. The minimum absolute atomic E-state index is 0.00904. The maximum Gasteiger partial charge on any atom is 0.259 e. The van der Waals surface area contributed by atoms with Crippen molar-refractivity contribution in [1.29, 1.82) is 0 Å². The molecule has 1 saturated heterocycles. The van der Waals surface area contributed by atoms with Crippen molar-refractivity contribution >= 4 is 28.2 Å². The van der Waals surface area contributed by atoms with Crippen molar-refractivity contribution in [3.8, 4) is 0 Å². The van der Waals surface area contributed by atoms with E-state index in [4.69, 9.17) is 0 Å². The molecule has 1 fully saturated rings. The molecule has 7 heteroatoms. The molecule has 0 spiro atoms. The number of benzene rings is 1. The first-order valence-corrected chi connectivity index (χ1v) is 10.9. The minimum atomic E-state index is -0.563. The Kier molecular flexibility index (Phi) is 5.69. The first kappa shape index (κ1) is 20.0. The zero-order chi connectivity index (χ0) is 20.5. The number of piperazine rings is 1. The molecule has 1 aromatic carbocycles. The van der Waals surface area contributed by atoms with E-state index >= 15 is 0 Å². The lowest BCUT2D eigenvalue weighted by Gasteiger charge is -2.33. The number of likely N-dealkylation sites (N-methyl/N-ethyl adjacent to an activating group) is 1. The summed E-state index contributed by atoms with van der Waals surface area (Å²) < 4.78 is 14.1. The van der Waals surface area contributed by atoms with Gasteiger partial charge in [0.25, 0.3) is 11.8 Å². The zero-order valence-electron chi connectivity index (χ0n) is 16.8. The predicted molar refractivity (Wildman–Crippen MR) is 113 cm³/mol. The third-order valence-corrected chi connectivity index (χ3v) is 7.03. The van der Waals surface area contributed by atoms with Gasteiger partial charge in [-0.25, -0.2) is 4.39 Å². The number of nitrogens with zero attached hydrogens (tertiary/aromatic N) is 2. The molecule has 0 bridgehead atoms. The van der Waals surface area contributed by atoms with Crippen LogP contribution in [0.3, 0.4) is 0 Å². The highest BCUT2D eigenvalue weighted by Crippen LogP contribution is 2.40. The summed E-state index contributed by atoms with van der Waals surface area (Å²) in [5, 5.41) is 3.41. The molecule has 1 N–H and O–H groups in total. The average molecular weight is 416 g/mol. The minimum Gasteiger partial charge on any atom is -0.336 e. The van der Waals surface area contributed by atoms with Crippen LogP contribution in [0.5, 0.6) is 0 Å². The fourth-order valence-electron chi connectivity index (χ4n) is 4.05. The number of nitrogens with one attached hydrogen (secondary N) is 1. The van der Waals surface area contributed by atoms with E-state index in [1.54, 1.807) is 12.1 Å². The number of fused-ring (bicyclic) bond motifs is 1. The van der Waals surface area contributed by atoms with Gasteiger partial charge < -0.3 is 15.1 Å². The highest BCUT2D eigenvalue weighted by atomic mass is 32.1. The summed E-state index contributed by atoms with van der Waals surface area (Å²) in [6.45, 7) is 5.24. The van der Waals surface area contributed by atoms with Crippen LogP contribution in [0.15, 0.2) is 24.3 Å². The Balaban J connectivity index is 1.67. The molecule has 1 atom stereocenters. The van der Waals surface area contributed by atoms with Crippen molar-refractivity contribution in [2.24, 2.45) is 5.92 Å². The molecule has 0 radical (unpaired) electrons. The molecule has 1 aliphatic heterocycles. The van der Waals surface area contributed by atoms with Gasteiger partial charge in [-0.15, -0.1) is 11.3 Å². The molecule has 0 saturated carbocycles. The van der Waals surface area contributed by atoms with Gasteiger partial charge in [0.15, 0.2) is 0 Å². The lowest BCUT2D eigenvalue weighted by atomic mass is 9.88. The molecule has 154 valence electrons. The SMILES string of the molecule is CC1CCc2c(sc(NC(=O)c3ccccc3F)c2C(=O)N2CCN(C)CC2)C1. The second-order valence-corrected chi connectivity index (χ2v) is 9.19. The van der Waals surface area contributed by atoms with Gasteiger partial charge in [-0.1, -0.05) is 19.1 Å². The van der Waals surface area contributed by atoms with Gasteiger partial charge in [-0.05, 0) is 49.9 Å². The summed E-state index contributed by atoms with van der Waals surface area (Å²) in [6, 6.07) is 5.92. The predicted octanol–water partition coefficient (Wildman–Crippen LogP) is 3.65. The lowest BCUT2D eigenvalue weighted by Crippen LogP contribution is -2.47. The molecule has 5 nitrogen and oxygen atoms in total. The third-order valence-electron chi connectivity index (χ3n) is 5.86. The number of rotatable bonds is 3. The molecule has 4 rings (SSSR count). The molecule has 2 aliphatic rings. The second kappa shape index (κ2) is 8.24. The molecule has 1 aromatic heterocycles. The topological polar surface area (TPSA) is 52.7 Å². The van der Waals surface area contributed by atoms with Crippen molar-refractivity contribution < 1.29 is 14.0 Å². The summed E-state index contributed by atoms with van der Waals surface area (Å²) in [5.74, 6) is -0.536. The Morgan fingerprint density at radius 1 is 1.17 bits per heavy atom. The van der Waals surface area contributed by atoms with Crippen LogP contribution in [0.2, 0.25) is 0 Å². The van der Waals surface area contributed by atoms with Crippen LogP contribution in [-0.4, -0.2) is 54.8 Å². The number of carbonyl (C=O) groups excluding carboxylic acids is 2. The smallest absolute Gasteiger partial charge is 0.259 e. The Morgan fingerprint density at radius 2 is 1.90 bits per heavy atom. The van der Waals surface area contributed by atoms with Crippen LogP contribution in [0, 0.1) is 11.7 Å². The van der Waals surface area contributed by atoms with Crippen molar-refractivity contribution in [2.45, 2.75) is 26.2 Å². The number of hydrogen-bond donors (Lipinski definition) is 1. The summed E-state index contributed by atoms with van der Waals surface area (Å²) in [7, 11) is 2.05. The van der Waals surface area contributed by atoms with Gasteiger partial charge in [-0.3, -0.25) is 9.59 Å². The summed E-state index contributed by atoms with van der Waals surface area (Å²) in [4.78, 5) is 31.4. The maximum atomic E-state index is 14.1. The van der Waals surface area contributed by atoms with Gasteiger partial charge in [0.05, 0.1) is 11.1 Å². The zero-order valence-corrected chi connectivity index (χ0v) is 17.7. The molecule has 1 aliphatic carbocycles. The van der Waals surface area contributed by atoms with E-state index in [1.807, 2.05) is 4.90 Å². The fourth-order valence-corrected chi connectivity index (χ4v) is 5.45. The van der Waals surface area contributed by atoms with Crippen molar-refractivity contribution in [3.63, 3.8) is 0 Å². The Bertz CT molecular complexity index is 934. The van der Waals surface area contributed by atoms with Gasteiger partial charge in [0.1, 0.15) is 10.8 Å². The first-order chi connectivity index (χ1) is 13.9. The summed E-state index contributed by atoms with van der Waals surface area (Å²) in [5.41, 5.74) is 1.68. The highest BCUT2D eigenvalue weighted by molar-refractivity contribution is 7.17. The van der Waals surface area contributed by atoms with Crippen LogP contribution in [0.1, 0.15) is 44.5 Å². The lowest BCUT2D eigenvalue weighted by molar-refractivity contribution is 0.0664. The molecular formula is C22H26FN3O2S. The van der Waals surface area contributed by atoms with E-state index in [9.17, 15) is 14.0 Å². The second-order valence-electron chi connectivity index (χ2n) is 8.09. The Hall–Kier alpha value is -2.25. The van der Waals surface area contributed by atoms with E-state index in [2.05, 4.69) is 24.2 Å². The monoisotopic (exact) mass is 415 g/mol. The van der Waals surface area contributed by atoms with Crippen LogP contribution in [0.25, 0.3) is 0 Å².